The number of hydrogen-bond donors (Lipinski definition) is 1. The highest BCUT2D eigenvalue weighted by atomic mass is 79.9. The van der Waals surface area contributed by atoms with E-state index in [1.165, 1.54) is 0 Å². The molecular formula is C12H16BrF2NO. The Hall–Kier alpha value is -0.680. The van der Waals surface area contributed by atoms with Crippen molar-refractivity contribution < 1.29 is 13.5 Å². The SMILES string of the molecule is CCCCNCc1ccc(OC(F)F)c(Br)c1. The largest absolute Gasteiger partial charge is 0.434 e. The molecule has 96 valence electrons. The maximum atomic E-state index is 12.0. The van der Waals surface area contributed by atoms with Crippen LogP contribution in [0.3, 0.4) is 0 Å². The van der Waals surface area contributed by atoms with Crippen LogP contribution in [0.2, 0.25) is 0 Å². The molecule has 0 aliphatic rings. The van der Waals surface area contributed by atoms with Crippen molar-refractivity contribution in [2.45, 2.75) is 32.9 Å². The number of halogens is 3. The van der Waals surface area contributed by atoms with Crippen LogP contribution in [0.1, 0.15) is 25.3 Å². The molecule has 0 aliphatic heterocycles. The molecule has 0 heterocycles. The third-order valence-corrected chi connectivity index (χ3v) is 2.87. The van der Waals surface area contributed by atoms with Crippen molar-refractivity contribution in [3.05, 3.63) is 28.2 Å². The summed E-state index contributed by atoms with van der Waals surface area (Å²) in [6.07, 6.45) is 2.28. The number of nitrogens with one attached hydrogen (secondary N) is 1. The van der Waals surface area contributed by atoms with Crippen LogP contribution in [-0.2, 0) is 6.54 Å². The lowest BCUT2D eigenvalue weighted by Crippen LogP contribution is -2.14. The predicted molar refractivity (Wildman–Crippen MR) is 67.4 cm³/mol. The van der Waals surface area contributed by atoms with Gasteiger partial charge in [-0.3, -0.25) is 0 Å². The fourth-order valence-electron chi connectivity index (χ4n) is 1.38. The molecule has 1 aromatic rings. The van der Waals surface area contributed by atoms with Crippen molar-refractivity contribution in [1.29, 1.82) is 0 Å². The Morgan fingerprint density at radius 3 is 2.76 bits per heavy atom. The molecule has 0 unspecified atom stereocenters. The van der Waals surface area contributed by atoms with Crippen LogP contribution in [0, 0.1) is 0 Å². The number of ether oxygens (including phenoxy) is 1. The average Bonchev–Trinajstić information content (AvgIpc) is 2.27. The van der Waals surface area contributed by atoms with Crippen LogP contribution in [0.15, 0.2) is 22.7 Å². The zero-order valence-corrected chi connectivity index (χ0v) is 11.3. The molecule has 0 saturated heterocycles. The fraction of sp³-hybridized carbons (Fsp3) is 0.500. The molecule has 0 atom stereocenters. The second-order valence-electron chi connectivity index (χ2n) is 3.67. The van der Waals surface area contributed by atoms with Gasteiger partial charge in [0.25, 0.3) is 0 Å². The maximum Gasteiger partial charge on any atom is 0.387 e. The number of hydrogen-bond acceptors (Lipinski definition) is 2. The molecule has 1 aromatic carbocycles. The van der Waals surface area contributed by atoms with Gasteiger partial charge in [-0.15, -0.1) is 0 Å². The zero-order chi connectivity index (χ0) is 12.7. The lowest BCUT2D eigenvalue weighted by molar-refractivity contribution is -0.0503. The minimum Gasteiger partial charge on any atom is -0.434 e. The Morgan fingerprint density at radius 2 is 2.18 bits per heavy atom. The van der Waals surface area contributed by atoms with Gasteiger partial charge in [0.05, 0.1) is 4.47 Å². The molecule has 0 spiro atoms. The summed E-state index contributed by atoms with van der Waals surface area (Å²) in [7, 11) is 0. The Labute approximate surface area is 108 Å². The highest BCUT2D eigenvalue weighted by Gasteiger charge is 2.08. The lowest BCUT2D eigenvalue weighted by atomic mass is 10.2. The van der Waals surface area contributed by atoms with Crippen molar-refractivity contribution in [2.24, 2.45) is 0 Å². The lowest BCUT2D eigenvalue weighted by Gasteiger charge is -2.09. The molecular weight excluding hydrogens is 292 g/mol. The van der Waals surface area contributed by atoms with Gasteiger partial charge in [-0.05, 0) is 46.6 Å². The van der Waals surface area contributed by atoms with Crippen molar-refractivity contribution >= 4 is 15.9 Å². The standard InChI is InChI=1S/C12H16BrF2NO/c1-2-3-6-16-8-9-4-5-11(10(13)7-9)17-12(14)15/h4-5,7,12,16H,2-3,6,8H2,1H3. The van der Waals surface area contributed by atoms with E-state index in [9.17, 15) is 8.78 Å². The van der Waals surface area contributed by atoms with Crippen LogP contribution in [0.4, 0.5) is 8.78 Å². The van der Waals surface area contributed by atoms with E-state index in [0.717, 1.165) is 31.5 Å². The second-order valence-corrected chi connectivity index (χ2v) is 4.53. The molecule has 5 heteroatoms. The summed E-state index contributed by atoms with van der Waals surface area (Å²) in [5.74, 6) is 0.164. The number of rotatable bonds is 7. The van der Waals surface area contributed by atoms with E-state index in [1.54, 1.807) is 18.2 Å². The third-order valence-electron chi connectivity index (χ3n) is 2.25. The third kappa shape index (κ3) is 5.46. The summed E-state index contributed by atoms with van der Waals surface area (Å²) >= 11 is 3.21. The monoisotopic (exact) mass is 307 g/mol. The van der Waals surface area contributed by atoms with E-state index in [4.69, 9.17) is 0 Å². The molecule has 1 rings (SSSR count). The highest BCUT2D eigenvalue weighted by Crippen LogP contribution is 2.27. The normalized spacial score (nSPS) is 10.9. The van der Waals surface area contributed by atoms with Crippen molar-refractivity contribution in [1.82, 2.24) is 5.32 Å². The predicted octanol–water partition coefficient (Wildman–Crippen LogP) is 3.94. The summed E-state index contributed by atoms with van der Waals surface area (Å²) in [4.78, 5) is 0. The number of unbranched alkanes of at least 4 members (excludes halogenated alkanes) is 1. The number of alkyl halides is 2. The van der Waals surface area contributed by atoms with Gasteiger partial charge in [-0.1, -0.05) is 19.4 Å². The van der Waals surface area contributed by atoms with Gasteiger partial charge in [-0.2, -0.15) is 8.78 Å². The van der Waals surface area contributed by atoms with E-state index >= 15 is 0 Å². The zero-order valence-electron chi connectivity index (χ0n) is 9.68. The summed E-state index contributed by atoms with van der Waals surface area (Å²) in [5.41, 5.74) is 1.04. The maximum absolute atomic E-state index is 12.0. The first-order chi connectivity index (χ1) is 8.13. The van der Waals surface area contributed by atoms with Crippen LogP contribution < -0.4 is 10.1 Å². The van der Waals surface area contributed by atoms with Crippen molar-refractivity contribution in [3.63, 3.8) is 0 Å². The molecule has 0 radical (unpaired) electrons. The van der Waals surface area contributed by atoms with Crippen LogP contribution in [-0.4, -0.2) is 13.2 Å². The smallest absolute Gasteiger partial charge is 0.387 e. The minimum atomic E-state index is -2.79. The number of benzene rings is 1. The summed E-state index contributed by atoms with van der Waals surface area (Å²) < 4.78 is 29.0. The minimum absolute atomic E-state index is 0.164. The quantitative estimate of drug-likeness (QED) is 0.770. The van der Waals surface area contributed by atoms with E-state index < -0.39 is 6.61 Å². The molecule has 0 bridgehead atoms. The molecule has 0 saturated carbocycles. The first-order valence-corrected chi connectivity index (χ1v) is 6.36. The van der Waals surface area contributed by atoms with Crippen LogP contribution in [0.25, 0.3) is 0 Å². The van der Waals surface area contributed by atoms with Crippen LogP contribution >= 0.6 is 15.9 Å². The summed E-state index contributed by atoms with van der Waals surface area (Å²) in [6.45, 7) is 1.03. The molecule has 17 heavy (non-hydrogen) atoms. The second kappa shape index (κ2) is 7.61. The van der Waals surface area contributed by atoms with E-state index in [2.05, 4.69) is 32.9 Å². The summed E-state index contributed by atoms with van der Waals surface area (Å²) in [5, 5.41) is 3.28. The van der Waals surface area contributed by atoms with Gasteiger partial charge in [0.15, 0.2) is 0 Å². The molecule has 0 fully saturated rings. The first kappa shape index (κ1) is 14.4. The molecule has 1 N–H and O–H groups in total. The molecule has 2 nitrogen and oxygen atoms in total. The molecule has 0 amide bonds. The van der Waals surface area contributed by atoms with Gasteiger partial charge in [0.1, 0.15) is 5.75 Å². The van der Waals surface area contributed by atoms with E-state index in [1.807, 2.05) is 0 Å². The van der Waals surface area contributed by atoms with E-state index in [0.29, 0.717) is 4.47 Å². The van der Waals surface area contributed by atoms with Crippen LogP contribution in [0.5, 0.6) is 5.75 Å². The average molecular weight is 308 g/mol. The summed E-state index contributed by atoms with van der Waals surface area (Å²) in [6, 6.07) is 5.12. The van der Waals surface area contributed by atoms with Crippen molar-refractivity contribution in [2.75, 3.05) is 6.54 Å². The Bertz CT molecular complexity index is 347. The van der Waals surface area contributed by atoms with Gasteiger partial charge in [-0.25, -0.2) is 0 Å². The Morgan fingerprint density at radius 1 is 1.41 bits per heavy atom. The molecule has 0 aliphatic carbocycles. The highest BCUT2D eigenvalue weighted by molar-refractivity contribution is 9.10. The topological polar surface area (TPSA) is 21.3 Å². The van der Waals surface area contributed by atoms with Crippen molar-refractivity contribution in [3.8, 4) is 5.75 Å². The fourth-order valence-corrected chi connectivity index (χ4v) is 1.90. The van der Waals surface area contributed by atoms with Gasteiger partial charge in [0.2, 0.25) is 0 Å². The Balaban J connectivity index is 2.50. The first-order valence-electron chi connectivity index (χ1n) is 5.57. The van der Waals surface area contributed by atoms with Gasteiger partial charge < -0.3 is 10.1 Å². The Kier molecular flexibility index (Phi) is 6.44. The molecule has 0 aromatic heterocycles. The van der Waals surface area contributed by atoms with Gasteiger partial charge in [0, 0.05) is 6.54 Å². The van der Waals surface area contributed by atoms with E-state index in [-0.39, 0.29) is 5.75 Å². The van der Waals surface area contributed by atoms with Gasteiger partial charge >= 0.3 is 6.61 Å².